The van der Waals surface area contributed by atoms with Crippen molar-refractivity contribution in [2.45, 2.75) is 76.8 Å². The Morgan fingerprint density at radius 3 is 2.63 bits per heavy atom. The number of rotatable bonds is 14. The molecule has 1 aliphatic carbocycles. The molecule has 2 aliphatic rings. The highest BCUT2D eigenvalue weighted by Gasteiger charge is 2.28. The van der Waals surface area contributed by atoms with Gasteiger partial charge in [0.15, 0.2) is 5.78 Å². The lowest BCUT2D eigenvalue weighted by Crippen LogP contribution is -2.46. The number of aromatic nitrogens is 2. The van der Waals surface area contributed by atoms with Crippen molar-refractivity contribution in [3.63, 3.8) is 0 Å². The molecule has 1 saturated heterocycles. The lowest BCUT2D eigenvalue weighted by atomic mass is 9.85. The molecule has 2 unspecified atom stereocenters. The summed E-state index contributed by atoms with van der Waals surface area (Å²) in [5.41, 5.74) is 3.01. The molecule has 0 radical (unpaired) electrons. The highest BCUT2D eigenvalue weighted by Crippen LogP contribution is 2.28. The molecule has 2 aromatic carbocycles. The van der Waals surface area contributed by atoms with E-state index in [1.54, 1.807) is 30.5 Å². The highest BCUT2D eigenvalue weighted by molar-refractivity contribution is 6.20. The zero-order valence-electron chi connectivity index (χ0n) is 29.7. The van der Waals surface area contributed by atoms with E-state index < -0.39 is 11.8 Å². The first kappa shape index (κ1) is 37.8. The molecule has 0 bridgehead atoms. The molecule has 0 spiro atoms. The number of amides is 1. The first-order valence-electron chi connectivity index (χ1n) is 18.2. The number of aliphatic hydroxyl groups excluding tert-OH is 1. The highest BCUT2D eigenvalue weighted by atomic mass is 19.1. The predicted molar refractivity (Wildman–Crippen MR) is 199 cm³/mol. The first-order chi connectivity index (χ1) is 24.9. The number of nitrogens with one attached hydrogen (secondary N) is 2. The van der Waals surface area contributed by atoms with Crippen LogP contribution in [0.25, 0.3) is 11.0 Å². The average Bonchev–Trinajstić information content (AvgIpc) is 3.16. The van der Waals surface area contributed by atoms with Gasteiger partial charge >= 0.3 is 0 Å². The van der Waals surface area contributed by atoms with E-state index in [0.29, 0.717) is 36.9 Å². The number of fused-ring (bicyclic) bond motifs is 1. The van der Waals surface area contributed by atoms with Gasteiger partial charge in [0.1, 0.15) is 11.6 Å². The summed E-state index contributed by atoms with van der Waals surface area (Å²) in [5, 5.41) is 16.3. The Morgan fingerprint density at radius 1 is 1.10 bits per heavy atom. The number of ether oxygens (including phenoxy) is 1. The minimum absolute atomic E-state index is 0.0562. The van der Waals surface area contributed by atoms with Crippen LogP contribution in [0.5, 0.6) is 0 Å². The number of carbonyl (C=O) groups is 2. The Hall–Kier alpha value is -4.43. The van der Waals surface area contributed by atoms with Crippen LogP contribution in [0.4, 0.5) is 10.2 Å². The number of benzene rings is 2. The Labute approximate surface area is 300 Å². The third-order valence-electron chi connectivity index (χ3n) is 9.96. The van der Waals surface area contributed by atoms with Crippen LogP contribution >= 0.6 is 0 Å². The van der Waals surface area contributed by atoms with E-state index in [9.17, 15) is 19.1 Å². The molecule has 1 aromatic heterocycles. The summed E-state index contributed by atoms with van der Waals surface area (Å²) >= 11 is 0. The SMILES string of the molecule is CC=CC=C(C(=O)NCC#Cc1ccc2ncc(NC3CCC(N4CCOCC4)CC3)nc2c1)C(=O)C(CC)CCC(CO)c1cccc(F)c1. The number of morpholine rings is 1. The van der Waals surface area contributed by atoms with Crippen LogP contribution in [0.2, 0.25) is 0 Å². The minimum atomic E-state index is -0.492. The van der Waals surface area contributed by atoms with Crippen LogP contribution in [0.1, 0.15) is 75.8 Å². The molecule has 1 aliphatic heterocycles. The van der Waals surface area contributed by atoms with Crippen molar-refractivity contribution >= 4 is 28.5 Å². The van der Waals surface area contributed by atoms with E-state index in [0.717, 1.165) is 74.4 Å². The smallest absolute Gasteiger partial charge is 0.255 e. The van der Waals surface area contributed by atoms with E-state index in [1.807, 2.05) is 32.0 Å². The molecule has 10 heteroatoms. The van der Waals surface area contributed by atoms with Crippen molar-refractivity contribution in [2.75, 3.05) is 44.8 Å². The van der Waals surface area contributed by atoms with Crippen molar-refractivity contribution in [2.24, 2.45) is 5.92 Å². The minimum Gasteiger partial charge on any atom is -0.396 e. The van der Waals surface area contributed by atoms with Crippen LogP contribution in [0.15, 0.2) is 72.5 Å². The number of ketones is 1. The van der Waals surface area contributed by atoms with Crippen LogP contribution in [-0.2, 0) is 14.3 Å². The summed E-state index contributed by atoms with van der Waals surface area (Å²) in [4.78, 5) is 38.8. The van der Waals surface area contributed by atoms with E-state index >= 15 is 0 Å². The topological polar surface area (TPSA) is 117 Å². The van der Waals surface area contributed by atoms with Crippen LogP contribution in [0, 0.1) is 23.6 Å². The van der Waals surface area contributed by atoms with Gasteiger partial charge in [0.05, 0.1) is 42.6 Å². The fraction of sp³-hybridized carbons (Fsp3) is 0.463. The number of allylic oxidation sites excluding steroid dienone is 3. The average molecular weight is 696 g/mol. The summed E-state index contributed by atoms with van der Waals surface area (Å²) in [7, 11) is 0. The van der Waals surface area contributed by atoms with Gasteiger partial charge in [-0.2, -0.15) is 0 Å². The summed E-state index contributed by atoms with van der Waals surface area (Å²) in [6.07, 6.45) is 12.7. The molecule has 1 amide bonds. The second kappa shape index (κ2) is 19.3. The number of hydrogen-bond donors (Lipinski definition) is 3. The molecule has 2 atom stereocenters. The summed E-state index contributed by atoms with van der Waals surface area (Å²) in [5.74, 6) is 5.00. The Balaban J connectivity index is 1.15. The Morgan fingerprint density at radius 2 is 1.90 bits per heavy atom. The van der Waals surface area contributed by atoms with Crippen molar-refractivity contribution in [3.8, 4) is 11.8 Å². The fourth-order valence-electron chi connectivity index (χ4n) is 6.99. The van der Waals surface area contributed by atoms with Gasteiger partial charge in [-0.15, -0.1) is 0 Å². The molecule has 270 valence electrons. The van der Waals surface area contributed by atoms with Crippen molar-refractivity contribution in [3.05, 3.63) is 89.4 Å². The summed E-state index contributed by atoms with van der Waals surface area (Å²) in [6, 6.07) is 12.8. The van der Waals surface area contributed by atoms with E-state index in [4.69, 9.17) is 9.72 Å². The van der Waals surface area contributed by atoms with Gasteiger partial charge in [-0.1, -0.05) is 43.0 Å². The first-order valence-corrected chi connectivity index (χ1v) is 18.2. The van der Waals surface area contributed by atoms with Crippen LogP contribution in [0.3, 0.4) is 0 Å². The largest absolute Gasteiger partial charge is 0.396 e. The number of aliphatic hydroxyl groups is 1. The number of Topliss-reactive ketones (excluding diaryl/α,β-unsaturated/α-hetero) is 1. The number of halogens is 1. The standard InChI is InChI=1S/C41H50FN5O4/c1-3-5-11-36(40(49)30(4-2)13-14-32(28-48)31-9-6-10-33(42)26-31)41(50)43-20-7-8-29-12-19-37-38(25-29)46-39(27-44-37)45-34-15-17-35(18-16-34)47-21-23-51-24-22-47/h3,5-6,9-12,19,25-27,30,32,34-35,48H,4,13-18,20-24,28H2,1-2H3,(H,43,50)(H,45,46). The normalized spacial score (nSPS) is 19.6. The van der Waals surface area contributed by atoms with Gasteiger partial charge in [0.25, 0.3) is 5.91 Å². The van der Waals surface area contributed by atoms with Crippen molar-refractivity contribution < 1.29 is 23.8 Å². The third kappa shape index (κ3) is 10.8. The molecule has 3 N–H and O–H groups in total. The van der Waals surface area contributed by atoms with Gasteiger partial charge < -0.3 is 20.5 Å². The number of hydrogen-bond acceptors (Lipinski definition) is 8. The molecule has 51 heavy (non-hydrogen) atoms. The molecular formula is C41H50FN5O4. The lowest BCUT2D eigenvalue weighted by molar-refractivity contribution is -0.124. The van der Waals surface area contributed by atoms with E-state index in [-0.39, 0.29) is 36.2 Å². The van der Waals surface area contributed by atoms with E-state index in [1.165, 1.54) is 18.2 Å². The quantitative estimate of drug-likeness (QED) is 0.0624. The summed E-state index contributed by atoms with van der Waals surface area (Å²) in [6.45, 7) is 7.33. The maximum Gasteiger partial charge on any atom is 0.255 e. The molecule has 9 nitrogen and oxygen atoms in total. The van der Waals surface area contributed by atoms with Gasteiger partial charge in [-0.3, -0.25) is 19.5 Å². The van der Waals surface area contributed by atoms with Crippen molar-refractivity contribution in [1.29, 1.82) is 0 Å². The molecule has 3 aromatic rings. The molecule has 2 fully saturated rings. The molecule has 5 rings (SSSR count). The zero-order chi connectivity index (χ0) is 36.0. The second-order valence-electron chi connectivity index (χ2n) is 13.3. The van der Waals surface area contributed by atoms with Gasteiger partial charge in [-0.25, -0.2) is 9.37 Å². The predicted octanol–water partition coefficient (Wildman–Crippen LogP) is 5.95. The number of nitrogens with zero attached hydrogens (tertiary/aromatic N) is 3. The molecular weight excluding hydrogens is 645 g/mol. The molecule has 1 saturated carbocycles. The second-order valence-corrected chi connectivity index (χ2v) is 13.3. The maximum absolute atomic E-state index is 13.8. The van der Waals surface area contributed by atoms with Crippen molar-refractivity contribution in [1.82, 2.24) is 20.2 Å². The van der Waals surface area contributed by atoms with Gasteiger partial charge in [-0.05, 0) is 93.8 Å². The zero-order valence-corrected chi connectivity index (χ0v) is 29.7. The van der Waals surface area contributed by atoms with Gasteiger partial charge in [0.2, 0.25) is 0 Å². The fourth-order valence-corrected chi connectivity index (χ4v) is 6.99. The lowest BCUT2D eigenvalue weighted by Gasteiger charge is -2.39. The van der Waals surface area contributed by atoms with Crippen LogP contribution < -0.4 is 10.6 Å². The number of carbonyl (C=O) groups excluding carboxylic acids is 2. The van der Waals surface area contributed by atoms with E-state index in [2.05, 4.69) is 32.4 Å². The Bertz CT molecular complexity index is 1750. The summed E-state index contributed by atoms with van der Waals surface area (Å²) < 4.78 is 19.3. The Kier molecular flexibility index (Phi) is 14.3. The third-order valence-corrected chi connectivity index (χ3v) is 9.96. The van der Waals surface area contributed by atoms with Crippen LogP contribution in [-0.4, -0.2) is 83.2 Å². The van der Waals surface area contributed by atoms with Gasteiger partial charge in [0, 0.05) is 49.2 Å². The maximum atomic E-state index is 13.8. The molecule has 2 heterocycles. The number of anilines is 1. The monoisotopic (exact) mass is 695 g/mol.